The number of aliphatic imine (C=N–C) groups is 1. The van der Waals surface area contributed by atoms with Gasteiger partial charge in [-0.05, 0) is 30.5 Å². The van der Waals surface area contributed by atoms with Crippen LogP contribution >= 0.6 is 35.6 Å². The zero-order valence-corrected chi connectivity index (χ0v) is 17.3. The van der Waals surface area contributed by atoms with Gasteiger partial charge < -0.3 is 19.7 Å². The molecule has 2 atom stereocenters. The van der Waals surface area contributed by atoms with Crippen LogP contribution in [0.5, 0.6) is 0 Å². The number of halogens is 3. The van der Waals surface area contributed by atoms with Crippen molar-refractivity contribution in [2.45, 2.75) is 31.6 Å². The molecule has 25 heavy (non-hydrogen) atoms. The molecule has 3 rings (SSSR count). The third-order valence-corrected chi connectivity index (χ3v) is 4.71. The smallest absolute Gasteiger partial charge is 0.194 e. The van der Waals surface area contributed by atoms with Crippen LogP contribution in [0.15, 0.2) is 23.2 Å². The Bertz CT molecular complexity index is 599. The van der Waals surface area contributed by atoms with Crippen LogP contribution in [0.1, 0.15) is 18.4 Å². The van der Waals surface area contributed by atoms with Gasteiger partial charge in [0, 0.05) is 33.3 Å². The van der Waals surface area contributed by atoms with Gasteiger partial charge in [-0.3, -0.25) is 4.99 Å². The van der Waals surface area contributed by atoms with Gasteiger partial charge in [0.15, 0.2) is 5.96 Å². The highest BCUT2D eigenvalue weighted by Crippen LogP contribution is 2.21. The van der Waals surface area contributed by atoms with Gasteiger partial charge in [0.05, 0.1) is 17.7 Å². The van der Waals surface area contributed by atoms with Crippen LogP contribution in [0.4, 0.5) is 4.39 Å². The Morgan fingerprint density at radius 2 is 2.16 bits per heavy atom. The summed E-state index contributed by atoms with van der Waals surface area (Å²) >= 11 is 5.83. The minimum absolute atomic E-state index is 0. The molecule has 0 aliphatic carbocycles. The summed E-state index contributed by atoms with van der Waals surface area (Å²) in [6.07, 6.45) is 2.42. The van der Waals surface area contributed by atoms with Crippen LogP contribution in [0, 0.1) is 5.82 Å². The molecule has 0 spiro atoms. The first kappa shape index (κ1) is 20.7. The van der Waals surface area contributed by atoms with Gasteiger partial charge in [0.25, 0.3) is 0 Å². The maximum Gasteiger partial charge on any atom is 0.194 e. The molecule has 140 valence electrons. The number of benzene rings is 1. The second-order valence-corrected chi connectivity index (χ2v) is 6.46. The maximum absolute atomic E-state index is 13.2. The molecule has 2 aliphatic rings. The van der Waals surface area contributed by atoms with Gasteiger partial charge in [-0.15, -0.1) is 24.0 Å². The molecule has 8 heteroatoms. The van der Waals surface area contributed by atoms with Gasteiger partial charge in [0.2, 0.25) is 0 Å². The minimum Gasteiger partial charge on any atom is -0.375 e. The maximum atomic E-state index is 13.2. The third kappa shape index (κ3) is 5.42. The molecule has 2 heterocycles. The second kappa shape index (κ2) is 9.89. The fourth-order valence-electron chi connectivity index (χ4n) is 3.15. The van der Waals surface area contributed by atoms with Crippen molar-refractivity contribution in [1.82, 2.24) is 10.2 Å². The SMILES string of the molecule is CN=C(NCc1ccc(F)c(Cl)c1)N1CCOC(C2CCCO2)C1.I. The molecule has 2 fully saturated rings. The summed E-state index contributed by atoms with van der Waals surface area (Å²) in [5, 5.41) is 3.45. The second-order valence-electron chi connectivity index (χ2n) is 6.06. The fourth-order valence-corrected chi connectivity index (χ4v) is 3.35. The molecule has 1 aromatic carbocycles. The largest absolute Gasteiger partial charge is 0.375 e. The van der Waals surface area contributed by atoms with Crippen LogP contribution in [0.3, 0.4) is 0 Å². The van der Waals surface area contributed by atoms with Crippen molar-refractivity contribution in [2.75, 3.05) is 33.4 Å². The Morgan fingerprint density at radius 1 is 1.36 bits per heavy atom. The van der Waals surface area contributed by atoms with E-state index in [4.69, 9.17) is 21.1 Å². The summed E-state index contributed by atoms with van der Waals surface area (Å²) in [5.41, 5.74) is 0.909. The lowest BCUT2D eigenvalue weighted by Crippen LogP contribution is -2.53. The van der Waals surface area contributed by atoms with Gasteiger partial charge in [-0.1, -0.05) is 17.7 Å². The topological polar surface area (TPSA) is 46.1 Å². The summed E-state index contributed by atoms with van der Waals surface area (Å²) in [6.45, 7) is 3.56. The quantitative estimate of drug-likeness (QED) is 0.408. The highest BCUT2D eigenvalue weighted by molar-refractivity contribution is 14.0. The summed E-state index contributed by atoms with van der Waals surface area (Å²) in [7, 11) is 1.76. The van der Waals surface area contributed by atoms with Crippen molar-refractivity contribution in [1.29, 1.82) is 0 Å². The monoisotopic (exact) mass is 483 g/mol. The van der Waals surface area contributed by atoms with Gasteiger partial charge >= 0.3 is 0 Å². The van der Waals surface area contributed by atoms with E-state index in [2.05, 4.69) is 15.2 Å². The summed E-state index contributed by atoms with van der Waals surface area (Å²) in [6, 6.07) is 4.73. The molecule has 0 aromatic heterocycles. The Morgan fingerprint density at radius 3 is 2.84 bits per heavy atom. The average molecular weight is 484 g/mol. The molecule has 2 unspecified atom stereocenters. The molecule has 0 bridgehead atoms. The highest BCUT2D eigenvalue weighted by Gasteiger charge is 2.32. The predicted molar refractivity (Wildman–Crippen MR) is 107 cm³/mol. The van der Waals surface area contributed by atoms with Crippen LogP contribution in [-0.2, 0) is 16.0 Å². The Balaban J connectivity index is 0.00000225. The third-order valence-electron chi connectivity index (χ3n) is 4.42. The van der Waals surface area contributed by atoms with Crippen molar-refractivity contribution >= 4 is 41.5 Å². The molecule has 0 radical (unpaired) electrons. The zero-order valence-electron chi connectivity index (χ0n) is 14.2. The molecular formula is C17H24ClFIN3O2. The normalized spacial score (nSPS) is 24.1. The summed E-state index contributed by atoms with van der Waals surface area (Å²) in [5.74, 6) is 0.402. The Kier molecular flexibility index (Phi) is 8.18. The minimum atomic E-state index is -0.405. The van der Waals surface area contributed by atoms with E-state index in [0.29, 0.717) is 13.2 Å². The number of nitrogens with one attached hydrogen (secondary N) is 1. The van der Waals surface area contributed by atoms with Crippen molar-refractivity contribution in [3.05, 3.63) is 34.6 Å². The number of rotatable bonds is 3. The molecule has 5 nitrogen and oxygen atoms in total. The lowest BCUT2D eigenvalue weighted by atomic mass is 10.1. The molecule has 1 aromatic rings. The van der Waals surface area contributed by atoms with Crippen molar-refractivity contribution in [3.8, 4) is 0 Å². The average Bonchev–Trinajstić information content (AvgIpc) is 3.13. The molecule has 0 saturated carbocycles. The predicted octanol–water partition coefficient (Wildman–Crippen LogP) is 3.05. The molecule has 2 saturated heterocycles. The molecule has 2 aliphatic heterocycles. The number of hydrogen-bond donors (Lipinski definition) is 1. The summed E-state index contributed by atoms with van der Waals surface area (Å²) in [4.78, 5) is 6.54. The Labute approximate surface area is 169 Å². The number of hydrogen-bond acceptors (Lipinski definition) is 3. The molecular weight excluding hydrogens is 460 g/mol. The first-order valence-corrected chi connectivity index (χ1v) is 8.68. The first-order chi connectivity index (χ1) is 11.7. The van der Waals surface area contributed by atoms with Gasteiger partial charge in [-0.25, -0.2) is 4.39 Å². The first-order valence-electron chi connectivity index (χ1n) is 8.30. The van der Waals surface area contributed by atoms with Crippen molar-refractivity contribution in [3.63, 3.8) is 0 Å². The van der Waals surface area contributed by atoms with E-state index in [0.717, 1.165) is 44.1 Å². The molecule has 0 amide bonds. The highest BCUT2D eigenvalue weighted by atomic mass is 127. The zero-order chi connectivity index (χ0) is 16.9. The van der Waals surface area contributed by atoms with Crippen LogP contribution in [-0.4, -0.2) is 56.4 Å². The van der Waals surface area contributed by atoms with Gasteiger partial charge in [-0.2, -0.15) is 0 Å². The number of guanidine groups is 1. The van der Waals surface area contributed by atoms with Crippen molar-refractivity contribution < 1.29 is 13.9 Å². The lowest BCUT2D eigenvalue weighted by molar-refractivity contribution is -0.0817. The standard InChI is InChI=1S/C17H23ClFN3O2.HI/c1-20-17(21-10-12-4-5-14(19)13(18)9-12)22-6-8-24-16(11-22)15-3-2-7-23-15;/h4-5,9,15-16H,2-3,6-8,10-11H2,1H3,(H,20,21);1H. The molecule has 1 N–H and O–H groups in total. The van der Waals surface area contributed by atoms with E-state index in [-0.39, 0.29) is 41.2 Å². The van der Waals surface area contributed by atoms with E-state index in [1.807, 2.05) is 0 Å². The number of ether oxygens (including phenoxy) is 2. The Hall–Kier alpha value is -0.640. The number of morpholine rings is 1. The van der Waals surface area contributed by atoms with Crippen LogP contribution in [0.2, 0.25) is 5.02 Å². The fraction of sp³-hybridized carbons (Fsp3) is 0.588. The summed E-state index contributed by atoms with van der Waals surface area (Å²) < 4.78 is 24.9. The van der Waals surface area contributed by atoms with E-state index in [1.165, 1.54) is 6.07 Å². The number of nitrogens with zero attached hydrogens (tertiary/aromatic N) is 2. The van der Waals surface area contributed by atoms with Crippen LogP contribution < -0.4 is 5.32 Å². The lowest BCUT2D eigenvalue weighted by Gasteiger charge is -2.37. The van der Waals surface area contributed by atoms with E-state index in [9.17, 15) is 4.39 Å². The van der Waals surface area contributed by atoms with Crippen LogP contribution in [0.25, 0.3) is 0 Å². The van der Waals surface area contributed by atoms with Gasteiger partial charge in [0.1, 0.15) is 11.9 Å². The van der Waals surface area contributed by atoms with E-state index >= 15 is 0 Å². The van der Waals surface area contributed by atoms with E-state index < -0.39 is 5.82 Å². The van der Waals surface area contributed by atoms with Crippen molar-refractivity contribution in [2.24, 2.45) is 4.99 Å². The van der Waals surface area contributed by atoms with E-state index in [1.54, 1.807) is 19.2 Å².